The van der Waals surface area contributed by atoms with E-state index in [1.807, 2.05) is 13.8 Å². The zero-order valence-corrected chi connectivity index (χ0v) is 18.1. The number of alkyl halides is 3. The lowest BCUT2D eigenvalue weighted by Crippen LogP contribution is -2.32. The first kappa shape index (κ1) is 24.7. The Hall–Kier alpha value is -3.56. The first-order valence-electron chi connectivity index (χ1n) is 10.2. The molecule has 172 valence electrons. The van der Waals surface area contributed by atoms with Crippen molar-refractivity contribution in [3.05, 3.63) is 55.5 Å². The molecule has 0 saturated carbocycles. The van der Waals surface area contributed by atoms with Crippen LogP contribution in [0.2, 0.25) is 0 Å². The number of nitrogens with two attached hydrogens (primary N) is 1. The number of halogens is 3. The van der Waals surface area contributed by atoms with E-state index in [1.54, 1.807) is 33.8 Å². The summed E-state index contributed by atoms with van der Waals surface area (Å²) in [5, 5.41) is 2.75. The quantitative estimate of drug-likeness (QED) is 0.510. The molecule has 32 heavy (non-hydrogen) atoms. The van der Waals surface area contributed by atoms with Gasteiger partial charge in [-0.05, 0) is 31.0 Å². The maximum Gasteiger partial charge on any atom is 0.419 e. The molecule has 2 amide bonds. The van der Waals surface area contributed by atoms with Crippen LogP contribution in [0.1, 0.15) is 32.3 Å². The fourth-order valence-corrected chi connectivity index (χ4v) is 3.19. The van der Waals surface area contributed by atoms with Crippen LogP contribution in [0.4, 0.5) is 29.6 Å². The monoisotopic (exact) mass is 448 g/mol. The highest BCUT2D eigenvalue weighted by molar-refractivity contribution is 5.88. The van der Waals surface area contributed by atoms with Gasteiger partial charge in [-0.25, -0.2) is 14.8 Å². The van der Waals surface area contributed by atoms with Crippen LogP contribution >= 0.6 is 0 Å². The van der Waals surface area contributed by atoms with Gasteiger partial charge in [-0.1, -0.05) is 13.8 Å². The average Bonchev–Trinajstić information content (AvgIpc) is 3.45. The van der Waals surface area contributed by atoms with Crippen LogP contribution in [-0.4, -0.2) is 38.4 Å². The standard InChI is InChI=1S/C18H17F3N6O.C2H6.C2H4/c19-18(20,21)13-7-12(8-23-16(13)22)11-3-4-15-24-14(10-27(15)9-11)25-17(28)26-5-1-2-6-26;2*1-2/h3-4,7-10H,1-2,5-6H2,(H2,22,23)(H,25,28);1-2H3;1-2H2. The summed E-state index contributed by atoms with van der Waals surface area (Å²) in [6, 6.07) is 4.06. The van der Waals surface area contributed by atoms with E-state index in [9.17, 15) is 18.0 Å². The molecule has 0 aromatic carbocycles. The summed E-state index contributed by atoms with van der Waals surface area (Å²) < 4.78 is 40.9. The van der Waals surface area contributed by atoms with E-state index in [0.717, 1.165) is 32.0 Å². The number of carbonyl (C=O) groups is 1. The number of pyridine rings is 2. The van der Waals surface area contributed by atoms with Crippen LogP contribution in [-0.2, 0) is 6.18 Å². The number of nitrogen functional groups attached to an aromatic ring is 1. The van der Waals surface area contributed by atoms with Crippen molar-refractivity contribution in [3.63, 3.8) is 0 Å². The van der Waals surface area contributed by atoms with Crippen molar-refractivity contribution in [2.75, 3.05) is 24.1 Å². The largest absolute Gasteiger partial charge is 0.419 e. The topological polar surface area (TPSA) is 88.5 Å². The Bertz CT molecular complexity index is 1060. The maximum atomic E-state index is 13.1. The number of hydrogen-bond acceptors (Lipinski definition) is 4. The van der Waals surface area contributed by atoms with Crippen molar-refractivity contribution in [2.24, 2.45) is 0 Å². The second kappa shape index (κ2) is 10.7. The summed E-state index contributed by atoms with van der Waals surface area (Å²) in [7, 11) is 0. The summed E-state index contributed by atoms with van der Waals surface area (Å²) in [4.78, 5) is 21.9. The highest BCUT2D eigenvalue weighted by Gasteiger charge is 2.34. The Labute approximate surface area is 184 Å². The van der Waals surface area contributed by atoms with Gasteiger partial charge in [0.25, 0.3) is 0 Å². The van der Waals surface area contributed by atoms with Gasteiger partial charge in [0.15, 0.2) is 5.82 Å². The van der Waals surface area contributed by atoms with Gasteiger partial charge in [0.1, 0.15) is 11.5 Å². The molecule has 0 radical (unpaired) electrons. The van der Waals surface area contributed by atoms with Crippen molar-refractivity contribution >= 4 is 23.3 Å². The molecule has 4 rings (SSSR count). The van der Waals surface area contributed by atoms with E-state index in [4.69, 9.17) is 5.73 Å². The molecule has 0 aliphatic carbocycles. The summed E-state index contributed by atoms with van der Waals surface area (Å²) in [6.45, 7) is 11.4. The maximum absolute atomic E-state index is 13.1. The minimum atomic E-state index is -4.58. The molecule has 0 atom stereocenters. The Kier molecular flexibility index (Phi) is 8.22. The van der Waals surface area contributed by atoms with Gasteiger partial charge in [0, 0.05) is 36.6 Å². The van der Waals surface area contributed by atoms with E-state index in [1.165, 1.54) is 6.20 Å². The van der Waals surface area contributed by atoms with E-state index < -0.39 is 17.6 Å². The number of carbonyl (C=O) groups excluding carboxylic acids is 1. The molecule has 7 nitrogen and oxygen atoms in total. The molecule has 3 aromatic rings. The number of nitrogens with zero attached hydrogens (tertiary/aromatic N) is 4. The number of hydrogen-bond donors (Lipinski definition) is 2. The Morgan fingerprint density at radius 2 is 1.78 bits per heavy atom. The number of aromatic nitrogens is 3. The highest BCUT2D eigenvalue weighted by atomic mass is 19.4. The third-order valence-corrected chi connectivity index (χ3v) is 4.64. The lowest BCUT2D eigenvalue weighted by molar-refractivity contribution is -0.137. The summed E-state index contributed by atoms with van der Waals surface area (Å²) in [5.41, 5.74) is 5.72. The van der Waals surface area contributed by atoms with Gasteiger partial charge in [0.05, 0.1) is 11.8 Å². The second-order valence-electron chi connectivity index (χ2n) is 6.59. The number of anilines is 2. The number of nitrogens with one attached hydrogen (secondary N) is 1. The molecule has 10 heteroatoms. The predicted octanol–water partition coefficient (Wildman–Crippen LogP) is 5.45. The predicted molar refractivity (Wildman–Crippen MR) is 120 cm³/mol. The number of rotatable bonds is 2. The SMILES string of the molecule is C=C.CC.Nc1ncc(-c2ccc3nc(NC(=O)N4CCCC4)cn3c2)cc1C(F)(F)F. The van der Waals surface area contributed by atoms with Gasteiger partial charge in [-0.3, -0.25) is 5.32 Å². The molecule has 1 aliphatic rings. The molecule has 3 aromatic heterocycles. The summed E-state index contributed by atoms with van der Waals surface area (Å²) in [5.74, 6) is -0.188. The van der Waals surface area contributed by atoms with Gasteiger partial charge in [-0.15, -0.1) is 13.2 Å². The van der Waals surface area contributed by atoms with E-state index in [2.05, 4.69) is 28.4 Å². The first-order valence-corrected chi connectivity index (χ1v) is 10.2. The summed E-state index contributed by atoms with van der Waals surface area (Å²) >= 11 is 0. The Balaban J connectivity index is 0.000000860. The Morgan fingerprint density at radius 1 is 1.12 bits per heavy atom. The molecule has 1 aliphatic heterocycles. The van der Waals surface area contributed by atoms with Crippen LogP contribution in [0.15, 0.2) is 49.9 Å². The van der Waals surface area contributed by atoms with Gasteiger partial charge >= 0.3 is 12.2 Å². The minimum Gasteiger partial charge on any atom is -0.383 e. The van der Waals surface area contributed by atoms with Crippen LogP contribution < -0.4 is 11.1 Å². The second-order valence-corrected chi connectivity index (χ2v) is 6.59. The van der Waals surface area contributed by atoms with Gasteiger partial charge in [-0.2, -0.15) is 13.2 Å². The zero-order chi connectivity index (χ0) is 23.9. The van der Waals surface area contributed by atoms with Crippen LogP contribution in [0.3, 0.4) is 0 Å². The number of urea groups is 1. The van der Waals surface area contributed by atoms with Crippen molar-refractivity contribution in [2.45, 2.75) is 32.9 Å². The molecular weight excluding hydrogens is 421 g/mol. The molecule has 4 heterocycles. The molecule has 1 fully saturated rings. The third kappa shape index (κ3) is 5.57. The molecule has 0 unspecified atom stereocenters. The molecule has 0 bridgehead atoms. The highest BCUT2D eigenvalue weighted by Crippen LogP contribution is 2.35. The first-order chi connectivity index (χ1) is 15.3. The number of amides is 2. The summed E-state index contributed by atoms with van der Waals surface area (Å²) in [6.07, 6.45) is 1.91. The van der Waals surface area contributed by atoms with Crippen molar-refractivity contribution in [1.29, 1.82) is 0 Å². The fourth-order valence-electron chi connectivity index (χ4n) is 3.19. The molecule has 3 N–H and O–H groups in total. The number of likely N-dealkylation sites (tertiary alicyclic amines) is 1. The van der Waals surface area contributed by atoms with E-state index in [0.29, 0.717) is 17.0 Å². The molecular formula is C22H27F3N6O. The van der Waals surface area contributed by atoms with Crippen LogP contribution in [0.25, 0.3) is 16.8 Å². The van der Waals surface area contributed by atoms with Gasteiger partial charge < -0.3 is 15.0 Å². The number of fused-ring (bicyclic) bond motifs is 1. The van der Waals surface area contributed by atoms with Crippen LogP contribution in [0.5, 0.6) is 0 Å². The van der Waals surface area contributed by atoms with Crippen molar-refractivity contribution in [3.8, 4) is 11.1 Å². The zero-order valence-electron chi connectivity index (χ0n) is 18.1. The Morgan fingerprint density at radius 3 is 2.41 bits per heavy atom. The lowest BCUT2D eigenvalue weighted by Gasteiger charge is -2.14. The van der Waals surface area contributed by atoms with E-state index >= 15 is 0 Å². The molecule has 0 spiro atoms. The smallest absolute Gasteiger partial charge is 0.383 e. The normalized spacial score (nSPS) is 13.1. The minimum absolute atomic E-state index is 0.210. The van der Waals surface area contributed by atoms with Crippen molar-refractivity contribution in [1.82, 2.24) is 19.3 Å². The fraction of sp³-hybridized carbons (Fsp3) is 0.318. The van der Waals surface area contributed by atoms with Crippen LogP contribution in [0, 0.1) is 0 Å². The average molecular weight is 448 g/mol. The lowest BCUT2D eigenvalue weighted by atomic mass is 10.1. The third-order valence-electron chi connectivity index (χ3n) is 4.64. The molecule has 1 saturated heterocycles. The van der Waals surface area contributed by atoms with Gasteiger partial charge in [0.2, 0.25) is 0 Å². The van der Waals surface area contributed by atoms with E-state index in [-0.39, 0.29) is 11.6 Å². The number of imidazole rings is 1. The van der Waals surface area contributed by atoms with Crippen molar-refractivity contribution < 1.29 is 18.0 Å².